The predicted molar refractivity (Wildman–Crippen MR) is 110 cm³/mol. The zero-order valence-electron chi connectivity index (χ0n) is 16.8. The molecule has 1 amide bonds. The number of aromatic nitrogens is 1. The first-order valence-electron chi connectivity index (χ1n) is 9.45. The Morgan fingerprint density at radius 3 is 2.44 bits per heavy atom. The number of morpholine rings is 1. The Balaban J connectivity index is 1.59. The summed E-state index contributed by atoms with van der Waals surface area (Å²) in [5, 5.41) is 5.58. The molecule has 0 aliphatic carbocycles. The fourth-order valence-electron chi connectivity index (χ4n) is 3.37. The van der Waals surface area contributed by atoms with Crippen LogP contribution in [0.3, 0.4) is 0 Å². The Hall–Kier alpha value is -1.76. The molecule has 2 aromatic rings. The molecule has 5 nitrogen and oxygen atoms in total. The van der Waals surface area contributed by atoms with Gasteiger partial charge in [0.05, 0.1) is 17.9 Å². The van der Waals surface area contributed by atoms with Gasteiger partial charge in [-0.05, 0) is 37.0 Å². The summed E-state index contributed by atoms with van der Waals surface area (Å²) in [6.07, 6.45) is 0.477. The summed E-state index contributed by atoms with van der Waals surface area (Å²) in [5.74, 6) is -0.120. The average Bonchev–Trinajstić information content (AvgIpc) is 3.00. The van der Waals surface area contributed by atoms with Gasteiger partial charge < -0.3 is 4.74 Å². The van der Waals surface area contributed by atoms with Crippen LogP contribution in [0.2, 0.25) is 0 Å². The summed E-state index contributed by atoms with van der Waals surface area (Å²) in [5.41, 5.74) is 2.92. The molecule has 1 aromatic heterocycles. The summed E-state index contributed by atoms with van der Waals surface area (Å²) in [6, 6.07) is 7.79. The maximum atomic E-state index is 12.5. The number of anilines is 1. The van der Waals surface area contributed by atoms with Crippen LogP contribution in [0, 0.1) is 0 Å². The van der Waals surface area contributed by atoms with Gasteiger partial charge in [0.1, 0.15) is 0 Å². The number of hydrogen-bond donors (Lipinski definition) is 1. The van der Waals surface area contributed by atoms with E-state index in [1.165, 1.54) is 16.9 Å². The fraction of sp³-hybridized carbons (Fsp3) is 0.524. The van der Waals surface area contributed by atoms with Crippen LogP contribution in [0.25, 0.3) is 0 Å². The SMILES string of the molecule is C[C@@H]1CN(Cc2csc(NC(=O)c3ccc(C(C)(C)C)cc3)n2)C[C@H](C)O1. The highest BCUT2D eigenvalue weighted by Gasteiger charge is 2.23. The molecule has 2 heterocycles. The fourth-order valence-corrected chi connectivity index (χ4v) is 4.07. The van der Waals surface area contributed by atoms with Gasteiger partial charge in [-0.2, -0.15) is 0 Å². The minimum Gasteiger partial charge on any atom is -0.373 e. The largest absolute Gasteiger partial charge is 0.373 e. The van der Waals surface area contributed by atoms with Crippen molar-refractivity contribution >= 4 is 22.4 Å². The lowest BCUT2D eigenvalue weighted by Crippen LogP contribution is -2.44. The smallest absolute Gasteiger partial charge is 0.257 e. The zero-order chi connectivity index (χ0) is 19.6. The van der Waals surface area contributed by atoms with Crippen LogP contribution < -0.4 is 5.32 Å². The molecule has 1 N–H and O–H groups in total. The average molecular weight is 388 g/mol. The second-order valence-electron chi connectivity index (χ2n) is 8.38. The molecule has 0 radical (unpaired) electrons. The maximum absolute atomic E-state index is 12.5. The van der Waals surface area contributed by atoms with Crippen molar-refractivity contribution in [2.24, 2.45) is 0 Å². The lowest BCUT2D eigenvalue weighted by molar-refractivity contribution is -0.0707. The molecule has 1 aliphatic heterocycles. The van der Waals surface area contributed by atoms with Gasteiger partial charge in [-0.1, -0.05) is 32.9 Å². The Kier molecular flexibility index (Phi) is 5.99. The van der Waals surface area contributed by atoms with E-state index in [-0.39, 0.29) is 23.5 Å². The van der Waals surface area contributed by atoms with E-state index in [0.29, 0.717) is 10.7 Å². The number of nitrogens with zero attached hydrogens (tertiary/aromatic N) is 2. The van der Waals surface area contributed by atoms with Crippen molar-refractivity contribution in [2.75, 3.05) is 18.4 Å². The van der Waals surface area contributed by atoms with Crippen molar-refractivity contribution in [3.05, 3.63) is 46.5 Å². The number of benzene rings is 1. The quantitative estimate of drug-likeness (QED) is 0.850. The lowest BCUT2D eigenvalue weighted by atomic mass is 9.87. The van der Waals surface area contributed by atoms with E-state index in [4.69, 9.17) is 4.74 Å². The molecule has 6 heteroatoms. The molecule has 0 bridgehead atoms. The first-order chi connectivity index (χ1) is 12.7. The van der Waals surface area contributed by atoms with E-state index in [0.717, 1.165) is 25.3 Å². The summed E-state index contributed by atoms with van der Waals surface area (Å²) >= 11 is 1.47. The Morgan fingerprint density at radius 2 is 1.85 bits per heavy atom. The van der Waals surface area contributed by atoms with Crippen LogP contribution in [0.15, 0.2) is 29.6 Å². The number of amides is 1. The van der Waals surface area contributed by atoms with Crippen LogP contribution >= 0.6 is 11.3 Å². The number of thiazole rings is 1. The lowest BCUT2D eigenvalue weighted by Gasteiger charge is -2.34. The van der Waals surface area contributed by atoms with Gasteiger partial charge in [0.25, 0.3) is 5.91 Å². The van der Waals surface area contributed by atoms with Gasteiger partial charge in [0.15, 0.2) is 5.13 Å². The number of carbonyl (C=O) groups excluding carboxylic acids is 1. The minimum absolute atomic E-state index is 0.0771. The highest BCUT2D eigenvalue weighted by molar-refractivity contribution is 7.13. The standard InChI is InChI=1S/C21H29N3O2S/c1-14-10-24(11-15(2)26-14)12-18-13-27-20(22-18)23-19(25)16-6-8-17(9-7-16)21(3,4)5/h6-9,13-15H,10-12H2,1-5H3,(H,22,23,25)/t14-,15+. The third kappa shape index (κ3) is 5.37. The monoisotopic (exact) mass is 387 g/mol. The van der Waals surface area contributed by atoms with Crippen molar-refractivity contribution in [3.8, 4) is 0 Å². The van der Waals surface area contributed by atoms with E-state index in [2.05, 4.69) is 49.8 Å². The third-order valence-corrected chi connectivity index (χ3v) is 5.47. The first kappa shape index (κ1) is 20.0. The van der Waals surface area contributed by atoms with Gasteiger partial charge in [-0.15, -0.1) is 11.3 Å². The summed E-state index contributed by atoms with van der Waals surface area (Å²) in [4.78, 5) is 19.4. The highest BCUT2D eigenvalue weighted by Crippen LogP contribution is 2.23. The van der Waals surface area contributed by atoms with Gasteiger partial charge in [-0.25, -0.2) is 4.98 Å². The third-order valence-electron chi connectivity index (χ3n) is 4.67. The van der Waals surface area contributed by atoms with Crippen molar-refractivity contribution in [3.63, 3.8) is 0 Å². The summed E-state index contributed by atoms with van der Waals surface area (Å²) in [6.45, 7) is 13.3. The molecular weight excluding hydrogens is 358 g/mol. The highest BCUT2D eigenvalue weighted by atomic mass is 32.1. The molecule has 1 fully saturated rings. The number of nitrogens with one attached hydrogen (secondary N) is 1. The number of hydrogen-bond acceptors (Lipinski definition) is 5. The minimum atomic E-state index is -0.120. The predicted octanol–water partition coefficient (Wildman–Crippen LogP) is 4.30. The van der Waals surface area contributed by atoms with E-state index in [1.54, 1.807) is 0 Å². The van der Waals surface area contributed by atoms with Crippen LogP contribution in [0.4, 0.5) is 5.13 Å². The number of ether oxygens (including phenoxy) is 1. The molecule has 3 rings (SSSR count). The van der Waals surface area contributed by atoms with Gasteiger partial charge in [-0.3, -0.25) is 15.0 Å². The molecule has 0 spiro atoms. The molecule has 0 saturated carbocycles. The Bertz CT molecular complexity index is 769. The van der Waals surface area contributed by atoms with Gasteiger partial charge in [0.2, 0.25) is 0 Å². The molecule has 1 aliphatic rings. The van der Waals surface area contributed by atoms with E-state index < -0.39 is 0 Å². The second kappa shape index (κ2) is 8.09. The maximum Gasteiger partial charge on any atom is 0.257 e. The van der Waals surface area contributed by atoms with Crippen molar-refractivity contribution in [1.82, 2.24) is 9.88 Å². The van der Waals surface area contributed by atoms with Crippen LogP contribution in [-0.4, -0.2) is 41.1 Å². The first-order valence-corrected chi connectivity index (χ1v) is 10.3. The molecular formula is C21H29N3O2S. The van der Waals surface area contributed by atoms with Crippen molar-refractivity contribution in [2.45, 2.75) is 58.8 Å². The number of rotatable bonds is 4. The molecule has 1 aromatic carbocycles. The normalized spacial score (nSPS) is 21.2. The van der Waals surface area contributed by atoms with E-state index in [1.807, 2.05) is 29.6 Å². The van der Waals surface area contributed by atoms with E-state index >= 15 is 0 Å². The summed E-state index contributed by atoms with van der Waals surface area (Å²) in [7, 11) is 0. The Morgan fingerprint density at radius 1 is 1.22 bits per heavy atom. The Labute approximate surface area is 165 Å². The zero-order valence-corrected chi connectivity index (χ0v) is 17.6. The summed E-state index contributed by atoms with van der Waals surface area (Å²) < 4.78 is 5.77. The molecule has 27 heavy (non-hydrogen) atoms. The van der Waals surface area contributed by atoms with Crippen LogP contribution in [0.1, 0.15) is 56.2 Å². The van der Waals surface area contributed by atoms with Gasteiger partial charge in [0, 0.05) is 30.6 Å². The van der Waals surface area contributed by atoms with Crippen molar-refractivity contribution in [1.29, 1.82) is 0 Å². The molecule has 0 unspecified atom stereocenters. The van der Waals surface area contributed by atoms with Crippen LogP contribution in [0.5, 0.6) is 0 Å². The number of carbonyl (C=O) groups is 1. The second-order valence-corrected chi connectivity index (χ2v) is 9.23. The molecule has 146 valence electrons. The topological polar surface area (TPSA) is 54.5 Å². The van der Waals surface area contributed by atoms with Crippen molar-refractivity contribution < 1.29 is 9.53 Å². The molecule has 1 saturated heterocycles. The van der Waals surface area contributed by atoms with E-state index in [9.17, 15) is 4.79 Å². The van der Waals surface area contributed by atoms with Gasteiger partial charge >= 0.3 is 0 Å². The van der Waals surface area contributed by atoms with Crippen LogP contribution in [-0.2, 0) is 16.7 Å². The molecule has 2 atom stereocenters.